The number of nitrogens with zero attached hydrogens (tertiary/aromatic N) is 1. The van der Waals surface area contributed by atoms with Gasteiger partial charge in [0.1, 0.15) is 0 Å². The second kappa shape index (κ2) is 7.09. The average Bonchev–Trinajstić information content (AvgIpc) is 2.71. The van der Waals surface area contributed by atoms with Crippen molar-refractivity contribution in [3.63, 3.8) is 0 Å². The maximum atomic E-state index is 9.06. The van der Waals surface area contributed by atoms with Crippen LogP contribution in [-0.4, -0.2) is 22.7 Å². The zero-order valence-corrected chi connectivity index (χ0v) is 12.0. The van der Waals surface area contributed by atoms with Crippen LogP contribution in [0.2, 0.25) is 0 Å². The molecule has 0 radical (unpaired) electrons. The van der Waals surface area contributed by atoms with Crippen LogP contribution in [0.4, 0.5) is 0 Å². The van der Waals surface area contributed by atoms with Gasteiger partial charge in [0.25, 0.3) is 0 Å². The Balaban J connectivity index is 2.39. The van der Waals surface area contributed by atoms with Crippen LogP contribution in [0.25, 0.3) is 0 Å². The highest BCUT2D eigenvalue weighted by Crippen LogP contribution is 2.16. The summed E-state index contributed by atoms with van der Waals surface area (Å²) in [5, 5.41) is 13.7. The van der Waals surface area contributed by atoms with Gasteiger partial charge in [-0.1, -0.05) is 20.8 Å². The third-order valence-corrected chi connectivity index (χ3v) is 3.94. The molecule has 1 aromatic rings. The number of thiazole rings is 1. The van der Waals surface area contributed by atoms with Crippen molar-refractivity contribution in [2.45, 2.75) is 46.7 Å². The van der Waals surface area contributed by atoms with E-state index in [2.05, 4.69) is 38.0 Å². The van der Waals surface area contributed by atoms with E-state index in [0.717, 1.165) is 13.0 Å². The summed E-state index contributed by atoms with van der Waals surface area (Å²) in [5.74, 6) is 0.952. The normalized spacial score (nSPS) is 15.2. The first-order chi connectivity index (χ1) is 8.02. The topological polar surface area (TPSA) is 45.2 Å². The molecule has 0 aromatic carbocycles. The predicted octanol–water partition coefficient (Wildman–Crippen LogP) is 2.45. The summed E-state index contributed by atoms with van der Waals surface area (Å²) in [7, 11) is 0. The largest absolute Gasteiger partial charge is 0.396 e. The summed E-state index contributed by atoms with van der Waals surface area (Å²) in [6, 6.07) is 0.329. The van der Waals surface area contributed by atoms with E-state index in [4.69, 9.17) is 5.11 Å². The molecule has 4 heteroatoms. The van der Waals surface area contributed by atoms with Crippen LogP contribution in [-0.2, 0) is 13.0 Å². The van der Waals surface area contributed by atoms with E-state index in [0.29, 0.717) is 12.0 Å². The molecule has 17 heavy (non-hydrogen) atoms. The smallest absolute Gasteiger partial charge is 0.0930 e. The molecular formula is C13H24N2OS. The molecule has 1 rings (SSSR count). The predicted molar refractivity (Wildman–Crippen MR) is 73.2 cm³/mol. The van der Waals surface area contributed by atoms with E-state index < -0.39 is 0 Å². The highest BCUT2D eigenvalue weighted by atomic mass is 32.1. The average molecular weight is 256 g/mol. The van der Waals surface area contributed by atoms with E-state index in [1.807, 2.05) is 6.20 Å². The minimum atomic E-state index is 0.232. The van der Waals surface area contributed by atoms with Crippen molar-refractivity contribution in [2.75, 3.05) is 6.61 Å². The lowest BCUT2D eigenvalue weighted by atomic mass is 10.1. The van der Waals surface area contributed by atoms with Gasteiger partial charge in [-0.3, -0.25) is 0 Å². The number of rotatable bonds is 7. The molecule has 2 N–H and O–H groups in total. The maximum absolute atomic E-state index is 9.06. The molecule has 2 unspecified atom stereocenters. The molecule has 0 aliphatic carbocycles. The summed E-state index contributed by atoms with van der Waals surface area (Å²) in [4.78, 5) is 5.70. The van der Waals surface area contributed by atoms with Crippen molar-refractivity contribution in [2.24, 2.45) is 11.8 Å². The number of aliphatic hydroxyl groups is 1. The van der Waals surface area contributed by atoms with E-state index >= 15 is 0 Å². The molecule has 1 aromatic heterocycles. The fourth-order valence-electron chi connectivity index (χ4n) is 1.49. The molecule has 0 amide bonds. The molecule has 0 saturated heterocycles. The van der Waals surface area contributed by atoms with Gasteiger partial charge in [-0.05, 0) is 18.8 Å². The molecular weight excluding hydrogens is 232 g/mol. The molecule has 0 fully saturated rings. The van der Waals surface area contributed by atoms with Crippen LogP contribution >= 0.6 is 11.3 Å². The Morgan fingerprint density at radius 1 is 1.35 bits per heavy atom. The minimum Gasteiger partial charge on any atom is -0.396 e. The summed E-state index contributed by atoms with van der Waals surface area (Å²) < 4.78 is 0. The zero-order valence-electron chi connectivity index (χ0n) is 11.2. The minimum absolute atomic E-state index is 0.232. The monoisotopic (exact) mass is 256 g/mol. The van der Waals surface area contributed by atoms with Gasteiger partial charge in [-0.2, -0.15) is 0 Å². The first-order valence-corrected chi connectivity index (χ1v) is 7.12. The van der Waals surface area contributed by atoms with E-state index in [-0.39, 0.29) is 12.5 Å². The van der Waals surface area contributed by atoms with Crippen molar-refractivity contribution in [1.29, 1.82) is 0 Å². The van der Waals surface area contributed by atoms with Gasteiger partial charge >= 0.3 is 0 Å². The Bertz CT molecular complexity index is 325. The fourth-order valence-corrected chi connectivity index (χ4v) is 2.58. The van der Waals surface area contributed by atoms with Crippen LogP contribution in [0.1, 0.15) is 37.6 Å². The lowest BCUT2D eigenvalue weighted by Gasteiger charge is -2.18. The second-order valence-corrected chi connectivity index (χ2v) is 6.35. The van der Waals surface area contributed by atoms with E-state index in [1.165, 1.54) is 9.88 Å². The van der Waals surface area contributed by atoms with Crippen molar-refractivity contribution in [3.05, 3.63) is 16.1 Å². The number of nitrogens with one attached hydrogen (secondary N) is 1. The van der Waals surface area contributed by atoms with Crippen molar-refractivity contribution < 1.29 is 5.11 Å². The van der Waals surface area contributed by atoms with Gasteiger partial charge in [0, 0.05) is 36.7 Å². The Morgan fingerprint density at radius 2 is 2.06 bits per heavy atom. The second-order valence-electron chi connectivity index (χ2n) is 5.15. The van der Waals surface area contributed by atoms with Gasteiger partial charge in [-0.15, -0.1) is 11.3 Å². The standard InChI is InChI=1S/C13H24N2OS/c1-9(2)5-13-15-7-12(17-13)6-14-11(4)10(3)8-16/h7,9-11,14,16H,5-6,8H2,1-4H3. The lowest BCUT2D eigenvalue weighted by Crippen LogP contribution is -2.33. The third-order valence-electron chi connectivity index (χ3n) is 2.92. The van der Waals surface area contributed by atoms with E-state index in [1.54, 1.807) is 11.3 Å². The molecule has 0 saturated carbocycles. The van der Waals surface area contributed by atoms with Gasteiger partial charge in [0.15, 0.2) is 0 Å². The number of aromatic nitrogens is 1. The summed E-state index contributed by atoms with van der Waals surface area (Å²) in [6.45, 7) is 9.66. The summed E-state index contributed by atoms with van der Waals surface area (Å²) >= 11 is 1.79. The number of aliphatic hydroxyl groups excluding tert-OH is 1. The third kappa shape index (κ3) is 5.15. The first-order valence-electron chi connectivity index (χ1n) is 6.30. The van der Waals surface area contributed by atoms with Crippen molar-refractivity contribution >= 4 is 11.3 Å². The molecule has 2 atom stereocenters. The quantitative estimate of drug-likeness (QED) is 0.787. The van der Waals surface area contributed by atoms with Crippen LogP contribution in [0.5, 0.6) is 0 Å². The Kier molecular flexibility index (Phi) is 6.09. The highest BCUT2D eigenvalue weighted by Gasteiger charge is 2.11. The molecule has 0 spiro atoms. The molecule has 0 aliphatic heterocycles. The zero-order chi connectivity index (χ0) is 12.8. The molecule has 98 valence electrons. The Labute approximate surface area is 108 Å². The molecule has 0 bridgehead atoms. The van der Waals surface area contributed by atoms with Crippen LogP contribution in [0.15, 0.2) is 6.20 Å². The Hall–Kier alpha value is -0.450. The Morgan fingerprint density at radius 3 is 2.65 bits per heavy atom. The van der Waals surface area contributed by atoms with Gasteiger partial charge < -0.3 is 10.4 Å². The highest BCUT2D eigenvalue weighted by molar-refractivity contribution is 7.11. The van der Waals surface area contributed by atoms with Crippen LogP contribution < -0.4 is 5.32 Å². The maximum Gasteiger partial charge on any atom is 0.0930 e. The summed E-state index contributed by atoms with van der Waals surface area (Å²) in [5.41, 5.74) is 0. The molecule has 1 heterocycles. The number of hydrogen-bond donors (Lipinski definition) is 2. The number of hydrogen-bond acceptors (Lipinski definition) is 4. The molecule has 3 nitrogen and oxygen atoms in total. The van der Waals surface area contributed by atoms with Crippen LogP contribution in [0, 0.1) is 11.8 Å². The van der Waals surface area contributed by atoms with Gasteiger partial charge in [-0.25, -0.2) is 4.98 Å². The van der Waals surface area contributed by atoms with Gasteiger partial charge in [0.05, 0.1) is 5.01 Å². The van der Waals surface area contributed by atoms with Gasteiger partial charge in [0.2, 0.25) is 0 Å². The first kappa shape index (κ1) is 14.6. The van der Waals surface area contributed by atoms with Crippen molar-refractivity contribution in [1.82, 2.24) is 10.3 Å². The lowest BCUT2D eigenvalue weighted by molar-refractivity contribution is 0.207. The fraction of sp³-hybridized carbons (Fsp3) is 0.769. The molecule has 0 aliphatic rings. The summed E-state index contributed by atoms with van der Waals surface area (Å²) in [6.07, 6.45) is 3.03. The van der Waals surface area contributed by atoms with Crippen molar-refractivity contribution in [3.8, 4) is 0 Å². The SMILES string of the molecule is CC(C)Cc1ncc(CNC(C)C(C)CO)s1. The van der Waals surface area contributed by atoms with Crippen LogP contribution in [0.3, 0.4) is 0 Å². The van der Waals surface area contributed by atoms with E-state index in [9.17, 15) is 0 Å².